The Balaban J connectivity index is 2.43. The molecule has 0 aliphatic rings. The third kappa shape index (κ3) is 11.5. The molecule has 4 nitrogen and oxygen atoms in total. The van der Waals surface area contributed by atoms with Crippen LogP contribution in [0.25, 0.3) is 5.57 Å². The predicted octanol–water partition coefficient (Wildman–Crippen LogP) is 9.03. The van der Waals surface area contributed by atoms with Gasteiger partial charge in [0, 0.05) is 0 Å². The summed E-state index contributed by atoms with van der Waals surface area (Å²) in [4.78, 5) is 0. The first-order valence-electron chi connectivity index (χ1n) is 15.8. The van der Waals surface area contributed by atoms with E-state index in [0.717, 1.165) is 28.7 Å². The molecule has 0 aromatic heterocycles. The molecule has 0 spiro atoms. The highest BCUT2D eigenvalue weighted by atomic mass is 28.2. The van der Waals surface area contributed by atoms with E-state index in [1.165, 1.54) is 0 Å². The average molecular weight is 717 g/mol. The molecule has 0 aliphatic carbocycles. The number of hydrogen-bond donors (Lipinski definition) is 1. The fraction of sp³-hybridized carbons (Fsp3) is 0.556. The molecule has 0 saturated heterocycles. The van der Waals surface area contributed by atoms with Gasteiger partial charge < -0.3 is 18.7 Å². The molecule has 0 heterocycles. The van der Waals surface area contributed by atoms with Crippen molar-refractivity contribution in [3.8, 4) is 17.6 Å². The second kappa shape index (κ2) is 15.1. The average Bonchev–Trinajstić information content (AvgIpc) is 2.94. The Morgan fingerprint density at radius 3 is 1.75 bits per heavy atom. The number of ether oxygens (including phenoxy) is 1. The van der Waals surface area contributed by atoms with Crippen LogP contribution in [0.4, 0.5) is 26.3 Å². The molecule has 0 amide bonds. The Bertz CT molecular complexity index is 1470. The van der Waals surface area contributed by atoms with Gasteiger partial charge in [0.25, 0.3) is 0 Å². The van der Waals surface area contributed by atoms with Crippen LogP contribution in [0.3, 0.4) is 0 Å². The van der Waals surface area contributed by atoms with Gasteiger partial charge in [0.2, 0.25) is 0 Å². The van der Waals surface area contributed by atoms with Gasteiger partial charge in [-0.1, -0.05) is 78.7 Å². The second-order valence-corrected chi connectivity index (χ2v) is 20.8. The maximum atomic E-state index is 13.0. The van der Waals surface area contributed by atoms with Crippen LogP contribution in [-0.2, 0) is 26.7 Å². The lowest BCUT2D eigenvalue weighted by atomic mass is 9.84. The summed E-state index contributed by atoms with van der Waals surface area (Å²) in [5, 5.41) is 9.53. The Kier molecular flexibility index (Phi) is 13.1. The van der Waals surface area contributed by atoms with Crippen molar-refractivity contribution in [2.24, 2.45) is 0 Å². The van der Waals surface area contributed by atoms with E-state index < -0.39 is 48.7 Å². The molecule has 2 aromatic rings. The van der Waals surface area contributed by atoms with Gasteiger partial charge in [-0.05, 0) is 102 Å². The molecule has 2 rings (SSSR count). The minimum atomic E-state index is -6.02. The number of aliphatic hydroxyl groups is 1. The van der Waals surface area contributed by atoms with Gasteiger partial charge in [-0.3, -0.25) is 0 Å². The van der Waals surface area contributed by atoms with Gasteiger partial charge in [-0.15, -0.1) is 0 Å². The second-order valence-electron chi connectivity index (χ2n) is 15.4. The minimum absolute atomic E-state index is 0.0869. The van der Waals surface area contributed by atoms with Crippen molar-refractivity contribution in [1.82, 2.24) is 0 Å². The summed E-state index contributed by atoms with van der Waals surface area (Å²) in [6, 6.07) is 12.8. The van der Waals surface area contributed by atoms with E-state index in [1.807, 2.05) is 6.07 Å². The van der Waals surface area contributed by atoms with Crippen LogP contribution in [0.1, 0.15) is 105 Å². The molecule has 0 atom stereocenters. The van der Waals surface area contributed by atoms with Gasteiger partial charge in [-0.25, -0.2) is 0 Å². The standard InChI is InChI=1S/C36H50F6O4Si2/c1-12-25(16-14-20-34(43,35(37,38)39)36(40,41)42)26-15-13-17-27(22-26)44-23-24-18-19-28(32(8,9)45-47-30(2,3)4)29(21-24)33(10,11)46-48-31(5,6)7/h13,15-19,21-22,43H,12,23,47-48H2,1-11H3/b25-16+. The summed E-state index contributed by atoms with van der Waals surface area (Å²) < 4.78 is 97.4. The Labute approximate surface area is 286 Å². The molecule has 0 radical (unpaired) electrons. The van der Waals surface area contributed by atoms with Crippen LogP contribution >= 0.6 is 0 Å². The molecule has 48 heavy (non-hydrogen) atoms. The number of hydrogen-bond acceptors (Lipinski definition) is 4. The van der Waals surface area contributed by atoms with Gasteiger partial charge in [0.05, 0.1) is 11.2 Å². The van der Waals surface area contributed by atoms with Gasteiger partial charge in [-0.2, -0.15) is 26.3 Å². The van der Waals surface area contributed by atoms with E-state index in [1.54, 1.807) is 37.1 Å². The van der Waals surface area contributed by atoms with Crippen molar-refractivity contribution >= 4 is 25.1 Å². The zero-order valence-electron chi connectivity index (χ0n) is 29.9. The summed E-state index contributed by atoms with van der Waals surface area (Å²) in [5.41, 5.74) is -2.48. The van der Waals surface area contributed by atoms with Gasteiger partial charge in [0.15, 0.2) is 19.5 Å². The topological polar surface area (TPSA) is 47.9 Å². The lowest BCUT2D eigenvalue weighted by Crippen LogP contribution is -2.55. The van der Waals surface area contributed by atoms with Crippen LogP contribution < -0.4 is 4.74 Å². The number of benzene rings is 2. The molecular formula is C36H50F6O4Si2. The van der Waals surface area contributed by atoms with Gasteiger partial charge >= 0.3 is 18.0 Å². The normalized spacial score (nSPS) is 14.6. The number of alkyl halides is 6. The van der Waals surface area contributed by atoms with E-state index in [4.69, 9.17) is 13.6 Å². The largest absolute Gasteiger partial charge is 0.489 e. The maximum Gasteiger partial charge on any atom is 0.438 e. The highest BCUT2D eigenvalue weighted by Gasteiger charge is 2.70. The van der Waals surface area contributed by atoms with Crippen molar-refractivity contribution in [2.45, 2.75) is 128 Å². The lowest BCUT2D eigenvalue weighted by Gasteiger charge is -2.38. The molecule has 0 bridgehead atoms. The maximum absolute atomic E-state index is 13.0. The summed E-state index contributed by atoms with van der Waals surface area (Å²) in [7, 11) is -1.77. The Morgan fingerprint density at radius 1 is 0.750 bits per heavy atom. The van der Waals surface area contributed by atoms with Crippen molar-refractivity contribution in [2.75, 3.05) is 0 Å². The molecule has 0 aliphatic heterocycles. The van der Waals surface area contributed by atoms with E-state index in [0.29, 0.717) is 16.9 Å². The van der Waals surface area contributed by atoms with E-state index in [2.05, 4.69) is 81.4 Å². The van der Waals surface area contributed by atoms with E-state index in [-0.39, 0.29) is 23.1 Å². The zero-order chi connectivity index (χ0) is 37.0. The fourth-order valence-electron chi connectivity index (χ4n) is 4.53. The van der Waals surface area contributed by atoms with E-state index >= 15 is 0 Å². The van der Waals surface area contributed by atoms with Crippen LogP contribution in [-0.4, -0.2) is 42.6 Å². The Morgan fingerprint density at radius 2 is 1.27 bits per heavy atom. The first-order valence-corrected chi connectivity index (χ1v) is 18.4. The number of allylic oxidation sites excluding steroid dienone is 2. The molecule has 1 N–H and O–H groups in total. The fourth-order valence-corrected chi connectivity index (χ4v) is 6.42. The van der Waals surface area contributed by atoms with Gasteiger partial charge in [0.1, 0.15) is 12.4 Å². The monoisotopic (exact) mass is 716 g/mol. The molecule has 0 unspecified atom stereocenters. The highest BCUT2D eigenvalue weighted by Crippen LogP contribution is 2.43. The quantitative estimate of drug-likeness (QED) is 0.143. The minimum Gasteiger partial charge on any atom is -0.489 e. The molecular weight excluding hydrogens is 667 g/mol. The molecule has 12 heteroatoms. The first-order chi connectivity index (χ1) is 21.6. The van der Waals surface area contributed by atoms with E-state index in [9.17, 15) is 31.4 Å². The molecule has 0 fully saturated rings. The summed E-state index contributed by atoms with van der Waals surface area (Å²) in [6.45, 7) is 23.3. The molecule has 0 saturated carbocycles. The third-order valence-electron chi connectivity index (χ3n) is 7.42. The highest BCUT2D eigenvalue weighted by molar-refractivity contribution is 6.32. The summed E-state index contributed by atoms with van der Waals surface area (Å²) in [5.74, 6) is 3.20. The van der Waals surface area contributed by atoms with Crippen molar-refractivity contribution in [3.63, 3.8) is 0 Å². The number of halogens is 6. The zero-order valence-corrected chi connectivity index (χ0v) is 32.7. The summed E-state index contributed by atoms with van der Waals surface area (Å²) >= 11 is 0. The molecule has 2 aromatic carbocycles. The first kappa shape index (κ1) is 41.6. The lowest BCUT2D eigenvalue weighted by molar-refractivity contribution is -0.343. The summed E-state index contributed by atoms with van der Waals surface area (Å²) in [6.07, 6.45) is -10.8. The number of rotatable bonds is 11. The molecule has 268 valence electrons. The smallest absolute Gasteiger partial charge is 0.438 e. The van der Waals surface area contributed by atoms with Crippen molar-refractivity contribution in [3.05, 3.63) is 70.8 Å². The van der Waals surface area contributed by atoms with Crippen molar-refractivity contribution in [1.29, 1.82) is 0 Å². The Hall–Kier alpha value is -2.57. The third-order valence-corrected chi connectivity index (χ3v) is 10.9. The van der Waals surface area contributed by atoms with Crippen LogP contribution in [0.15, 0.2) is 48.5 Å². The predicted molar refractivity (Wildman–Crippen MR) is 185 cm³/mol. The van der Waals surface area contributed by atoms with Crippen LogP contribution in [0.5, 0.6) is 5.75 Å². The van der Waals surface area contributed by atoms with Crippen LogP contribution in [0.2, 0.25) is 10.1 Å². The SMILES string of the molecule is CC/C(=C\C#CC(O)(C(F)(F)F)C(F)(F)F)c1cccc(OCc2ccc(C(C)(C)O[SiH2]C(C)(C)C)c(C(C)(C)O[SiH2]C(C)(C)C)c2)c1. The van der Waals surface area contributed by atoms with Crippen LogP contribution in [0, 0.1) is 11.8 Å². The van der Waals surface area contributed by atoms with Crippen molar-refractivity contribution < 1.29 is 45.0 Å².